The van der Waals surface area contributed by atoms with Gasteiger partial charge in [0, 0.05) is 11.3 Å². The predicted octanol–water partition coefficient (Wildman–Crippen LogP) is 1.65. The van der Waals surface area contributed by atoms with Gasteiger partial charge in [-0.3, -0.25) is 10.1 Å². The molecular weight excluding hydrogens is 234 g/mol. The lowest BCUT2D eigenvalue weighted by atomic mass is 9.93. The van der Waals surface area contributed by atoms with Crippen LogP contribution in [0.5, 0.6) is 0 Å². The van der Waals surface area contributed by atoms with E-state index in [1.807, 2.05) is 44.2 Å². The molecule has 0 saturated carbocycles. The Morgan fingerprint density at radius 3 is 2.06 bits per heavy atom. The fourth-order valence-corrected chi connectivity index (χ4v) is 1.44. The quantitative estimate of drug-likeness (QED) is 0.598. The van der Waals surface area contributed by atoms with Gasteiger partial charge in [-0.05, 0) is 12.0 Å². The van der Waals surface area contributed by atoms with Crippen LogP contribution in [0.15, 0.2) is 30.3 Å². The topological polar surface area (TPSA) is 83.6 Å². The third-order valence-corrected chi connectivity index (χ3v) is 2.70. The normalized spacial score (nSPS) is 10.4. The molecule has 5 heteroatoms. The smallest absolute Gasteiger partial charge is 0.267 e. The maximum absolute atomic E-state index is 10.8. The lowest BCUT2D eigenvalue weighted by Gasteiger charge is -2.20. The number of benzene rings is 1. The SMILES string of the molecule is CC.O=[N+]([O-])C(CO)(CO)CCc1ccccc1. The van der Waals surface area contributed by atoms with Crippen molar-refractivity contribution in [2.75, 3.05) is 13.2 Å². The van der Waals surface area contributed by atoms with E-state index in [-0.39, 0.29) is 6.42 Å². The molecule has 102 valence electrons. The average Bonchev–Trinajstić information content (AvgIpc) is 2.43. The van der Waals surface area contributed by atoms with Crippen molar-refractivity contribution in [3.8, 4) is 0 Å². The lowest BCUT2D eigenvalue weighted by molar-refractivity contribution is -0.578. The molecular formula is C13H21NO4. The summed E-state index contributed by atoms with van der Waals surface area (Å²) < 4.78 is 0. The summed E-state index contributed by atoms with van der Waals surface area (Å²) >= 11 is 0. The maximum atomic E-state index is 10.8. The Labute approximate surface area is 107 Å². The van der Waals surface area contributed by atoms with Crippen LogP contribution in [-0.2, 0) is 6.42 Å². The van der Waals surface area contributed by atoms with E-state index >= 15 is 0 Å². The van der Waals surface area contributed by atoms with Crippen molar-refractivity contribution >= 4 is 0 Å². The number of hydrogen-bond donors (Lipinski definition) is 2. The molecule has 0 spiro atoms. The highest BCUT2D eigenvalue weighted by Crippen LogP contribution is 2.17. The van der Waals surface area contributed by atoms with Crippen molar-refractivity contribution in [1.29, 1.82) is 0 Å². The molecule has 2 N–H and O–H groups in total. The van der Waals surface area contributed by atoms with Crippen LogP contribution in [0.2, 0.25) is 0 Å². The zero-order valence-electron chi connectivity index (χ0n) is 10.9. The average molecular weight is 255 g/mol. The summed E-state index contributed by atoms with van der Waals surface area (Å²) in [6, 6.07) is 9.28. The number of nitrogens with zero attached hydrogens (tertiary/aromatic N) is 1. The molecule has 0 aliphatic heterocycles. The zero-order valence-corrected chi connectivity index (χ0v) is 10.9. The monoisotopic (exact) mass is 255 g/mol. The number of aliphatic hydroxyl groups is 2. The summed E-state index contributed by atoms with van der Waals surface area (Å²) in [4.78, 5) is 10.2. The maximum Gasteiger partial charge on any atom is 0.267 e. The van der Waals surface area contributed by atoms with Crippen LogP contribution in [0.4, 0.5) is 0 Å². The van der Waals surface area contributed by atoms with E-state index in [9.17, 15) is 10.1 Å². The summed E-state index contributed by atoms with van der Waals surface area (Å²) in [7, 11) is 0. The van der Waals surface area contributed by atoms with E-state index in [0.29, 0.717) is 6.42 Å². The van der Waals surface area contributed by atoms with Crippen LogP contribution < -0.4 is 0 Å². The molecule has 0 unspecified atom stereocenters. The number of rotatable bonds is 6. The van der Waals surface area contributed by atoms with Gasteiger partial charge < -0.3 is 10.2 Å². The molecule has 0 atom stereocenters. The molecule has 1 aromatic rings. The first kappa shape index (κ1) is 16.5. The van der Waals surface area contributed by atoms with Crippen LogP contribution in [0.3, 0.4) is 0 Å². The van der Waals surface area contributed by atoms with Crippen LogP contribution in [0, 0.1) is 10.1 Å². The Hall–Kier alpha value is -1.46. The van der Waals surface area contributed by atoms with Gasteiger partial charge in [0.15, 0.2) is 0 Å². The minimum Gasteiger partial charge on any atom is -0.389 e. The first-order valence-corrected chi connectivity index (χ1v) is 6.05. The van der Waals surface area contributed by atoms with Gasteiger partial charge in [0.1, 0.15) is 13.2 Å². The Morgan fingerprint density at radius 1 is 1.17 bits per heavy atom. The van der Waals surface area contributed by atoms with Gasteiger partial charge in [0.05, 0.1) is 0 Å². The molecule has 18 heavy (non-hydrogen) atoms. The van der Waals surface area contributed by atoms with E-state index in [1.165, 1.54) is 0 Å². The number of aliphatic hydroxyl groups excluding tert-OH is 2. The van der Waals surface area contributed by atoms with Crippen molar-refractivity contribution in [2.45, 2.75) is 32.2 Å². The lowest BCUT2D eigenvalue weighted by Crippen LogP contribution is -2.46. The van der Waals surface area contributed by atoms with E-state index in [2.05, 4.69) is 0 Å². The Bertz CT molecular complexity index is 336. The third kappa shape index (κ3) is 4.43. The van der Waals surface area contributed by atoms with Gasteiger partial charge in [0.2, 0.25) is 0 Å². The van der Waals surface area contributed by atoms with Crippen LogP contribution in [-0.4, -0.2) is 33.9 Å². The van der Waals surface area contributed by atoms with Crippen molar-refractivity contribution in [1.82, 2.24) is 0 Å². The van der Waals surface area contributed by atoms with E-state index < -0.39 is 23.7 Å². The second kappa shape index (κ2) is 8.60. The molecule has 0 aromatic heterocycles. The first-order chi connectivity index (χ1) is 8.64. The van der Waals surface area contributed by atoms with Crippen molar-refractivity contribution in [3.63, 3.8) is 0 Å². The van der Waals surface area contributed by atoms with Gasteiger partial charge in [-0.1, -0.05) is 44.2 Å². The number of hydrogen-bond acceptors (Lipinski definition) is 4. The van der Waals surface area contributed by atoms with Gasteiger partial charge in [0.25, 0.3) is 5.54 Å². The summed E-state index contributed by atoms with van der Waals surface area (Å²) in [5.74, 6) is 0. The molecule has 0 fully saturated rings. The Balaban J connectivity index is 0.00000137. The van der Waals surface area contributed by atoms with Crippen LogP contribution >= 0.6 is 0 Å². The number of nitro groups is 1. The number of aryl methyl sites for hydroxylation is 1. The molecule has 0 bridgehead atoms. The van der Waals surface area contributed by atoms with Crippen molar-refractivity contribution in [3.05, 3.63) is 46.0 Å². The summed E-state index contributed by atoms with van der Waals surface area (Å²) in [6.45, 7) is 2.70. The molecule has 5 nitrogen and oxygen atoms in total. The summed E-state index contributed by atoms with van der Waals surface area (Å²) in [5.41, 5.74) is -0.675. The van der Waals surface area contributed by atoms with Gasteiger partial charge in [-0.2, -0.15) is 0 Å². The zero-order chi connectivity index (χ0) is 14.0. The second-order valence-electron chi connectivity index (χ2n) is 3.78. The minimum atomic E-state index is -1.63. The van der Waals surface area contributed by atoms with E-state index in [1.54, 1.807) is 0 Å². The molecule has 0 aliphatic carbocycles. The fraction of sp³-hybridized carbons (Fsp3) is 0.538. The molecule has 0 radical (unpaired) electrons. The predicted molar refractivity (Wildman–Crippen MR) is 70.0 cm³/mol. The Kier molecular flexibility index (Phi) is 7.91. The highest BCUT2D eigenvalue weighted by Gasteiger charge is 2.41. The molecule has 0 aliphatic rings. The molecule has 0 amide bonds. The largest absolute Gasteiger partial charge is 0.389 e. The van der Waals surface area contributed by atoms with Gasteiger partial charge in [-0.15, -0.1) is 0 Å². The third-order valence-electron chi connectivity index (χ3n) is 2.70. The van der Waals surface area contributed by atoms with Crippen molar-refractivity contribution < 1.29 is 15.1 Å². The Morgan fingerprint density at radius 2 is 1.67 bits per heavy atom. The molecule has 1 aromatic carbocycles. The van der Waals surface area contributed by atoms with E-state index in [4.69, 9.17) is 10.2 Å². The highest BCUT2D eigenvalue weighted by molar-refractivity contribution is 5.15. The van der Waals surface area contributed by atoms with Crippen LogP contribution in [0.25, 0.3) is 0 Å². The summed E-state index contributed by atoms with van der Waals surface area (Å²) in [6.07, 6.45) is 0.583. The fourth-order valence-electron chi connectivity index (χ4n) is 1.44. The van der Waals surface area contributed by atoms with E-state index in [0.717, 1.165) is 5.56 Å². The first-order valence-electron chi connectivity index (χ1n) is 6.05. The molecule has 0 heterocycles. The molecule has 0 saturated heterocycles. The highest BCUT2D eigenvalue weighted by atomic mass is 16.6. The second-order valence-corrected chi connectivity index (χ2v) is 3.78. The summed E-state index contributed by atoms with van der Waals surface area (Å²) in [5, 5.41) is 28.8. The molecule has 1 rings (SSSR count). The van der Waals surface area contributed by atoms with Gasteiger partial charge in [-0.25, -0.2) is 0 Å². The minimum absolute atomic E-state index is 0.122. The van der Waals surface area contributed by atoms with Gasteiger partial charge >= 0.3 is 0 Å². The van der Waals surface area contributed by atoms with Crippen molar-refractivity contribution in [2.24, 2.45) is 0 Å². The van der Waals surface area contributed by atoms with Crippen LogP contribution in [0.1, 0.15) is 25.8 Å². The standard InChI is InChI=1S/C11H15NO4.C2H6/c13-8-11(9-14,12(15)16)7-6-10-4-2-1-3-5-10;1-2/h1-5,13-14H,6-9H2;1-2H3.